The van der Waals surface area contributed by atoms with Crippen LogP contribution in [0.4, 0.5) is 0 Å². The molecule has 0 heterocycles. The molecule has 0 bridgehead atoms. The molecule has 0 unspecified atom stereocenters. The molecule has 0 radical (unpaired) electrons. The van der Waals surface area contributed by atoms with E-state index in [9.17, 15) is 8.42 Å². The summed E-state index contributed by atoms with van der Waals surface area (Å²) in [6, 6.07) is 0. The molecule has 0 aromatic rings. The van der Waals surface area contributed by atoms with E-state index in [1.165, 1.54) is 0 Å². The van der Waals surface area contributed by atoms with Crippen LogP contribution in [-0.4, -0.2) is 8.42 Å². The van der Waals surface area contributed by atoms with E-state index in [2.05, 4.69) is 17.3 Å². The minimum absolute atomic E-state index is 0.675. The Kier molecular flexibility index (Phi) is 1.61. The molecule has 0 saturated heterocycles. The maximum atomic E-state index is 9.65. The third kappa shape index (κ3) is 3.98. The first kappa shape index (κ1) is 5.98. The van der Waals surface area contributed by atoms with Gasteiger partial charge < -0.3 is 0 Å². The average molecular weight is 127 g/mol. The lowest BCUT2D eigenvalue weighted by Crippen LogP contribution is -1.74. The van der Waals surface area contributed by atoms with E-state index in [4.69, 9.17) is 0 Å². The predicted molar refractivity (Wildman–Crippen MR) is 25.0 cm³/mol. The highest BCUT2D eigenvalue weighted by Crippen LogP contribution is 1.93. The Morgan fingerprint density at radius 2 is 1.83 bits per heavy atom. The van der Waals surface area contributed by atoms with Crippen molar-refractivity contribution < 1.29 is 8.42 Å². The second-order valence-corrected chi connectivity index (χ2v) is 3.22. The van der Waals surface area contributed by atoms with Crippen LogP contribution in [0, 0.1) is 0 Å². The smallest absolute Gasteiger partial charge is 0.208 e. The largest absolute Gasteiger partial charge is 0.253 e. The quantitative estimate of drug-likeness (QED) is 0.485. The topological polar surface area (TPSA) is 34.1 Å². The summed E-state index contributed by atoms with van der Waals surface area (Å²) >= 11 is 0. The van der Waals surface area contributed by atoms with Gasteiger partial charge in [0.2, 0.25) is 0 Å². The van der Waals surface area contributed by atoms with E-state index in [1.54, 1.807) is 0 Å². The second-order valence-electron chi connectivity index (χ2n) is 0.642. The first-order valence-electron chi connectivity index (χ1n) is 1.13. The summed E-state index contributed by atoms with van der Waals surface area (Å²) in [7, 11) is 1.15. The summed E-state index contributed by atoms with van der Waals surface area (Å²) < 4.78 is 19.3. The zero-order valence-electron chi connectivity index (χ0n) is 2.89. The van der Waals surface area contributed by atoms with Gasteiger partial charge in [0.25, 0.3) is 9.05 Å². The molecular weight excluding hydrogens is 124 g/mol. The Morgan fingerprint density at radius 3 is 1.83 bits per heavy atom. The van der Waals surface area contributed by atoms with Crippen molar-refractivity contribution in [2.24, 2.45) is 0 Å². The first-order valence-corrected chi connectivity index (χ1v) is 3.50. The highest BCUT2D eigenvalue weighted by molar-refractivity contribution is 8.16. The van der Waals surface area contributed by atoms with Crippen molar-refractivity contribution in [3.63, 3.8) is 0 Å². The molecule has 4 heteroatoms. The van der Waals surface area contributed by atoms with Crippen LogP contribution in [0.2, 0.25) is 0 Å². The molecule has 0 aromatic carbocycles. The summed E-state index contributed by atoms with van der Waals surface area (Å²) in [6.45, 7) is 2.91. The van der Waals surface area contributed by atoms with Gasteiger partial charge in [0, 0.05) is 16.1 Å². The van der Waals surface area contributed by atoms with E-state index in [1.807, 2.05) is 0 Å². The van der Waals surface area contributed by atoms with Gasteiger partial charge in [-0.3, -0.25) is 0 Å². The van der Waals surface area contributed by atoms with Crippen LogP contribution in [0.3, 0.4) is 0 Å². The Labute approximate surface area is 40.8 Å². The van der Waals surface area contributed by atoms with E-state index < -0.39 is 9.05 Å². The molecule has 36 valence electrons. The van der Waals surface area contributed by atoms with Crippen molar-refractivity contribution in [2.75, 3.05) is 0 Å². The molecule has 0 aromatic heterocycles. The van der Waals surface area contributed by atoms with E-state index in [-0.39, 0.29) is 0 Å². The second kappa shape index (κ2) is 1.62. The summed E-state index contributed by atoms with van der Waals surface area (Å²) in [5.41, 5.74) is 0. The first-order chi connectivity index (χ1) is 2.56. The lowest BCUT2D eigenvalue weighted by molar-refractivity contribution is 0.617. The van der Waals surface area contributed by atoms with Crippen molar-refractivity contribution in [2.45, 2.75) is 0 Å². The number of hydrogen-bond acceptors (Lipinski definition) is 2. The SMILES string of the molecule is C=CS(=O)(=O)Cl. The molecule has 0 aliphatic rings. The summed E-state index contributed by atoms with van der Waals surface area (Å²) in [4.78, 5) is 0. The fraction of sp³-hybridized carbons (Fsp3) is 0. The predicted octanol–water partition coefficient (Wildman–Crippen LogP) is 0.699. The third-order valence-corrected chi connectivity index (χ3v) is 0.975. The van der Waals surface area contributed by atoms with Gasteiger partial charge in [0.05, 0.1) is 0 Å². The van der Waals surface area contributed by atoms with Crippen LogP contribution < -0.4 is 0 Å². The fourth-order valence-electron chi connectivity index (χ4n) is 0. The minimum atomic E-state index is -3.43. The molecule has 0 atom stereocenters. The molecule has 0 fully saturated rings. The van der Waals surface area contributed by atoms with Gasteiger partial charge in [0.15, 0.2) is 0 Å². The molecule has 0 aliphatic heterocycles. The summed E-state index contributed by atoms with van der Waals surface area (Å²) in [6.07, 6.45) is 0. The molecule has 0 amide bonds. The molecule has 0 spiro atoms. The normalized spacial score (nSPS) is 10.8. The Balaban J connectivity index is 4.25. The Hall–Kier alpha value is -0.0200. The number of hydrogen-bond donors (Lipinski definition) is 0. The summed E-state index contributed by atoms with van der Waals surface area (Å²) in [5.74, 6) is 0. The standard InChI is InChI=1S/C2H3ClO2S/c1-2-6(3,4)5/h2H,1H2. The molecule has 0 rings (SSSR count). The zero-order valence-corrected chi connectivity index (χ0v) is 4.46. The van der Waals surface area contributed by atoms with Crippen molar-refractivity contribution in [1.82, 2.24) is 0 Å². The van der Waals surface area contributed by atoms with Gasteiger partial charge >= 0.3 is 0 Å². The zero-order chi connectivity index (χ0) is 5.21. The monoisotopic (exact) mass is 126 g/mol. The highest BCUT2D eigenvalue weighted by Gasteiger charge is 1.89. The van der Waals surface area contributed by atoms with Crippen molar-refractivity contribution in [1.29, 1.82) is 0 Å². The van der Waals surface area contributed by atoms with Gasteiger partial charge in [-0.25, -0.2) is 8.42 Å². The van der Waals surface area contributed by atoms with Crippen molar-refractivity contribution >= 4 is 19.7 Å². The minimum Gasteiger partial charge on any atom is -0.208 e. The van der Waals surface area contributed by atoms with Gasteiger partial charge in [-0.1, -0.05) is 6.58 Å². The molecule has 6 heavy (non-hydrogen) atoms. The van der Waals surface area contributed by atoms with Gasteiger partial charge in [-0.15, -0.1) is 0 Å². The van der Waals surface area contributed by atoms with Crippen LogP contribution in [0.1, 0.15) is 0 Å². The van der Waals surface area contributed by atoms with Crippen molar-refractivity contribution in [3.8, 4) is 0 Å². The molecule has 0 aliphatic carbocycles. The van der Waals surface area contributed by atoms with Crippen LogP contribution in [0.25, 0.3) is 0 Å². The Morgan fingerprint density at radius 1 is 1.67 bits per heavy atom. The highest BCUT2D eigenvalue weighted by atomic mass is 35.7. The molecule has 2 nitrogen and oxygen atoms in total. The van der Waals surface area contributed by atoms with Crippen LogP contribution in [-0.2, 0) is 9.05 Å². The van der Waals surface area contributed by atoms with E-state index in [0.717, 1.165) is 0 Å². The lowest BCUT2D eigenvalue weighted by atomic mass is 11.3. The Bertz CT molecular complexity index is 122. The number of rotatable bonds is 1. The number of halogens is 1. The average Bonchev–Trinajstić information content (AvgIpc) is 1.35. The van der Waals surface area contributed by atoms with Crippen LogP contribution >= 0.6 is 10.7 Å². The van der Waals surface area contributed by atoms with Crippen LogP contribution in [0.15, 0.2) is 12.0 Å². The molecule has 0 N–H and O–H groups in total. The third-order valence-electron chi connectivity index (χ3n) is 0.199. The van der Waals surface area contributed by atoms with Crippen molar-refractivity contribution in [3.05, 3.63) is 12.0 Å². The molecular formula is C2H3ClO2S. The maximum Gasteiger partial charge on any atom is 0.253 e. The lowest BCUT2D eigenvalue weighted by Gasteiger charge is -1.70. The van der Waals surface area contributed by atoms with Gasteiger partial charge in [-0.2, -0.15) is 0 Å². The van der Waals surface area contributed by atoms with E-state index >= 15 is 0 Å². The maximum absolute atomic E-state index is 9.65. The van der Waals surface area contributed by atoms with Crippen LogP contribution in [0.5, 0.6) is 0 Å². The fourth-order valence-corrected chi connectivity index (χ4v) is 0. The van der Waals surface area contributed by atoms with Gasteiger partial charge in [-0.05, 0) is 0 Å². The van der Waals surface area contributed by atoms with E-state index in [0.29, 0.717) is 5.41 Å². The van der Waals surface area contributed by atoms with Gasteiger partial charge in [0.1, 0.15) is 0 Å². The molecule has 0 saturated carbocycles. The summed E-state index contributed by atoms with van der Waals surface area (Å²) in [5, 5.41) is 0.675.